The van der Waals surface area contributed by atoms with Gasteiger partial charge in [-0.25, -0.2) is 15.0 Å². The number of hydrogen-bond acceptors (Lipinski definition) is 6. The highest BCUT2D eigenvalue weighted by Gasteiger charge is 2.21. The molecule has 11 aromatic rings. The molecule has 7 aromatic carbocycles. The van der Waals surface area contributed by atoms with Crippen LogP contribution in [0.4, 0.5) is 0 Å². The van der Waals surface area contributed by atoms with Crippen LogP contribution in [0.3, 0.4) is 0 Å². The summed E-state index contributed by atoms with van der Waals surface area (Å²) in [6.07, 6.45) is 0. The summed E-state index contributed by atoms with van der Waals surface area (Å²) in [6.45, 7) is 0. The Morgan fingerprint density at radius 3 is 1.59 bits per heavy atom. The second-order valence-corrected chi connectivity index (χ2v) is 12.7. The van der Waals surface area contributed by atoms with E-state index in [4.69, 9.17) is 28.2 Å². The molecule has 4 aromatic heterocycles. The van der Waals surface area contributed by atoms with Gasteiger partial charge < -0.3 is 13.3 Å². The summed E-state index contributed by atoms with van der Waals surface area (Å²) in [7, 11) is 0. The molecular weight excluding hydrogens is 631 g/mol. The third-order valence-electron chi connectivity index (χ3n) is 9.76. The van der Waals surface area contributed by atoms with Gasteiger partial charge in [-0.3, -0.25) is 0 Å². The molecule has 0 N–H and O–H groups in total. The molecule has 4 heterocycles. The van der Waals surface area contributed by atoms with E-state index >= 15 is 0 Å². The highest BCUT2D eigenvalue weighted by Crippen LogP contribution is 2.42. The first-order chi connectivity index (χ1) is 25.3. The summed E-state index contributed by atoms with van der Waals surface area (Å²) in [6, 6.07) is 51.0. The SMILES string of the molecule is c1ccc(-c2nc(-c3cccc4oc5ccccc5c34)nc(-c3cccc4oc5ccc(-c6cccc7c6oc6ccccc67)cc5c34)n2)cc1. The topological polar surface area (TPSA) is 78.1 Å². The number of hydrogen-bond donors (Lipinski definition) is 0. The van der Waals surface area contributed by atoms with E-state index in [0.29, 0.717) is 17.5 Å². The molecule has 0 aliphatic carbocycles. The first-order valence-electron chi connectivity index (χ1n) is 16.9. The lowest BCUT2D eigenvalue weighted by molar-refractivity contribution is 0.668. The van der Waals surface area contributed by atoms with Gasteiger partial charge in [0.05, 0.1) is 0 Å². The number of aromatic nitrogens is 3. The van der Waals surface area contributed by atoms with E-state index in [0.717, 1.165) is 93.6 Å². The fourth-order valence-electron chi connectivity index (χ4n) is 7.45. The van der Waals surface area contributed by atoms with Gasteiger partial charge in [-0.1, -0.05) is 115 Å². The fourth-order valence-corrected chi connectivity index (χ4v) is 7.45. The van der Waals surface area contributed by atoms with Crippen LogP contribution in [0.1, 0.15) is 0 Å². The Balaban J connectivity index is 1.16. The maximum atomic E-state index is 6.46. The third kappa shape index (κ3) is 4.26. The average molecular weight is 656 g/mol. The molecule has 0 saturated carbocycles. The second kappa shape index (κ2) is 10.7. The van der Waals surface area contributed by atoms with Crippen LogP contribution < -0.4 is 0 Å². The molecule has 0 atom stereocenters. The Labute approximate surface area is 290 Å². The molecular formula is C45H25N3O3. The van der Waals surface area contributed by atoms with E-state index in [1.807, 2.05) is 97.1 Å². The Morgan fingerprint density at radius 2 is 0.843 bits per heavy atom. The smallest absolute Gasteiger partial charge is 0.164 e. The summed E-state index contributed by atoms with van der Waals surface area (Å²) >= 11 is 0. The Hall–Kier alpha value is -7.05. The van der Waals surface area contributed by atoms with E-state index < -0.39 is 0 Å². The highest BCUT2D eigenvalue weighted by atomic mass is 16.3. The molecule has 0 radical (unpaired) electrons. The number of rotatable bonds is 4. The van der Waals surface area contributed by atoms with Gasteiger partial charge in [-0.15, -0.1) is 0 Å². The van der Waals surface area contributed by atoms with Crippen LogP contribution in [0.25, 0.3) is 111 Å². The fraction of sp³-hybridized carbons (Fsp3) is 0. The van der Waals surface area contributed by atoms with Gasteiger partial charge in [-0.2, -0.15) is 0 Å². The lowest BCUT2D eigenvalue weighted by atomic mass is 9.99. The zero-order valence-corrected chi connectivity index (χ0v) is 27.0. The summed E-state index contributed by atoms with van der Waals surface area (Å²) in [5, 5.41) is 6.09. The third-order valence-corrected chi connectivity index (χ3v) is 9.76. The largest absolute Gasteiger partial charge is 0.456 e. The van der Waals surface area contributed by atoms with Crippen LogP contribution in [-0.4, -0.2) is 15.0 Å². The maximum Gasteiger partial charge on any atom is 0.164 e. The van der Waals surface area contributed by atoms with Crippen molar-refractivity contribution in [1.82, 2.24) is 15.0 Å². The standard InChI is InChI=1S/C45H25N3O3/c1-2-11-26(12-3-1)43-46-44(32-17-9-21-38-40(32)31-14-5-7-20-36(31)49-38)48-45(47-43)33-18-10-22-39-41(33)34-25-27(23-24-37(34)50-39)28-15-8-16-30-29-13-4-6-19-35(29)51-42(28)30/h1-25H. The van der Waals surface area contributed by atoms with Crippen LogP contribution in [-0.2, 0) is 0 Å². The number of fused-ring (bicyclic) bond motifs is 9. The van der Waals surface area contributed by atoms with Crippen molar-refractivity contribution < 1.29 is 13.3 Å². The Bertz CT molecular complexity index is 3150. The van der Waals surface area contributed by atoms with Gasteiger partial charge in [0.25, 0.3) is 0 Å². The molecule has 0 spiro atoms. The van der Waals surface area contributed by atoms with Gasteiger partial charge in [0.1, 0.15) is 33.5 Å². The van der Waals surface area contributed by atoms with Gasteiger partial charge in [0.2, 0.25) is 0 Å². The van der Waals surface area contributed by atoms with Gasteiger partial charge in [-0.05, 0) is 42.0 Å². The summed E-state index contributed by atoms with van der Waals surface area (Å²) in [5.74, 6) is 1.71. The monoisotopic (exact) mass is 655 g/mol. The zero-order valence-electron chi connectivity index (χ0n) is 27.0. The molecule has 0 bridgehead atoms. The van der Waals surface area contributed by atoms with Crippen LogP contribution in [0.5, 0.6) is 0 Å². The van der Waals surface area contributed by atoms with E-state index in [-0.39, 0.29) is 0 Å². The van der Waals surface area contributed by atoms with Gasteiger partial charge >= 0.3 is 0 Å². The Morgan fingerprint density at radius 1 is 0.314 bits per heavy atom. The predicted molar refractivity (Wildman–Crippen MR) is 203 cm³/mol. The lowest BCUT2D eigenvalue weighted by Gasteiger charge is -2.10. The summed E-state index contributed by atoms with van der Waals surface area (Å²) in [5.41, 5.74) is 9.57. The molecule has 0 unspecified atom stereocenters. The van der Waals surface area contributed by atoms with Crippen molar-refractivity contribution in [3.63, 3.8) is 0 Å². The molecule has 238 valence electrons. The van der Waals surface area contributed by atoms with Crippen molar-refractivity contribution in [2.75, 3.05) is 0 Å². The van der Waals surface area contributed by atoms with Crippen molar-refractivity contribution >= 4 is 65.8 Å². The summed E-state index contributed by atoms with van der Waals surface area (Å²) in [4.78, 5) is 15.4. The zero-order chi connectivity index (χ0) is 33.5. The summed E-state index contributed by atoms with van der Waals surface area (Å²) < 4.78 is 19.1. The van der Waals surface area contributed by atoms with Gasteiger partial charge in [0, 0.05) is 54.6 Å². The van der Waals surface area contributed by atoms with Crippen molar-refractivity contribution in [3.8, 4) is 45.3 Å². The minimum atomic E-state index is 0.557. The minimum absolute atomic E-state index is 0.557. The van der Waals surface area contributed by atoms with Crippen LogP contribution >= 0.6 is 0 Å². The molecule has 0 aliphatic rings. The number of nitrogens with zero attached hydrogens (tertiary/aromatic N) is 3. The van der Waals surface area contributed by atoms with Crippen molar-refractivity contribution in [2.45, 2.75) is 0 Å². The van der Waals surface area contributed by atoms with E-state index in [1.54, 1.807) is 0 Å². The first kappa shape index (κ1) is 27.9. The van der Waals surface area contributed by atoms with Crippen LogP contribution in [0.15, 0.2) is 165 Å². The predicted octanol–water partition coefficient (Wildman–Crippen LogP) is 12.2. The average Bonchev–Trinajstić information content (AvgIpc) is 3.89. The number of furan rings is 3. The highest BCUT2D eigenvalue weighted by molar-refractivity contribution is 6.15. The lowest BCUT2D eigenvalue weighted by Crippen LogP contribution is -2.00. The Kier molecular flexibility index (Phi) is 5.86. The van der Waals surface area contributed by atoms with E-state index in [9.17, 15) is 0 Å². The molecule has 0 amide bonds. The van der Waals surface area contributed by atoms with Crippen molar-refractivity contribution in [3.05, 3.63) is 152 Å². The molecule has 0 saturated heterocycles. The quantitative estimate of drug-likeness (QED) is 0.188. The van der Waals surface area contributed by atoms with Crippen LogP contribution in [0, 0.1) is 0 Å². The maximum absolute atomic E-state index is 6.46. The molecule has 0 fully saturated rings. The van der Waals surface area contributed by atoms with E-state index in [2.05, 4.69) is 54.6 Å². The molecule has 0 aliphatic heterocycles. The molecule has 51 heavy (non-hydrogen) atoms. The molecule has 6 heteroatoms. The number of para-hydroxylation sites is 3. The minimum Gasteiger partial charge on any atom is -0.456 e. The van der Waals surface area contributed by atoms with Crippen molar-refractivity contribution in [2.24, 2.45) is 0 Å². The van der Waals surface area contributed by atoms with Crippen molar-refractivity contribution in [1.29, 1.82) is 0 Å². The first-order valence-corrected chi connectivity index (χ1v) is 16.9. The second-order valence-electron chi connectivity index (χ2n) is 12.7. The number of benzene rings is 7. The molecule has 6 nitrogen and oxygen atoms in total. The van der Waals surface area contributed by atoms with E-state index in [1.165, 1.54) is 0 Å². The normalized spacial score (nSPS) is 11.9. The van der Waals surface area contributed by atoms with Gasteiger partial charge in [0.15, 0.2) is 17.5 Å². The molecule has 11 rings (SSSR count). The van der Waals surface area contributed by atoms with Crippen LogP contribution in [0.2, 0.25) is 0 Å².